The highest BCUT2D eigenvalue weighted by Gasteiger charge is 2.29. The van der Waals surface area contributed by atoms with Gasteiger partial charge in [-0.2, -0.15) is 0 Å². The Kier molecular flexibility index (Phi) is 6.22. The highest BCUT2D eigenvalue weighted by molar-refractivity contribution is 5.98. The number of amides is 1. The average Bonchev–Trinajstić information content (AvgIpc) is 3.36. The Morgan fingerprint density at radius 1 is 0.844 bits per heavy atom. The molecule has 0 aliphatic carbocycles. The number of benzene rings is 3. The number of aryl methyl sites for hydroxylation is 1. The van der Waals surface area contributed by atoms with Gasteiger partial charge in [-0.05, 0) is 61.2 Å². The standard InChI is InChI=1S/C28H31N3O/c32-28(17-14-22-12-15-24(16-13-22)23-8-2-1-3-9-23)31-21-25(20-30-18-6-7-19-30)29-26-10-4-5-11-27(26)31/h1-5,8-13,15-16,25,29H,6-7,14,17-21H2. The Labute approximate surface area is 190 Å². The molecule has 0 aromatic heterocycles. The van der Waals surface area contributed by atoms with Crippen molar-refractivity contribution in [3.63, 3.8) is 0 Å². The average molecular weight is 426 g/mol. The van der Waals surface area contributed by atoms with Crippen LogP contribution in [0.3, 0.4) is 0 Å². The molecule has 0 saturated carbocycles. The Hall–Kier alpha value is -3.11. The third kappa shape index (κ3) is 4.71. The molecule has 4 heteroatoms. The van der Waals surface area contributed by atoms with Crippen LogP contribution in [-0.2, 0) is 11.2 Å². The van der Waals surface area contributed by atoms with Gasteiger partial charge in [0.25, 0.3) is 0 Å². The summed E-state index contributed by atoms with van der Waals surface area (Å²) < 4.78 is 0. The predicted molar refractivity (Wildman–Crippen MR) is 132 cm³/mol. The van der Waals surface area contributed by atoms with E-state index in [2.05, 4.69) is 70.9 Å². The van der Waals surface area contributed by atoms with E-state index < -0.39 is 0 Å². The van der Waals surface area contributed by atoms with Gasteiger partial charge in [0.05, 0.1) is 17.4 Å². The molecule has 0 spiro atoms. The zero-order valence-electron chi connectivity index (χ0n) is 18.5. The summed E-state index contributed by atoms with van der Waals surface area (Å²) in [6.45, 7) is 4.08. The van der Waals surface area contributed by atoms with Crippen LogP contribution in [0.2, 0.25) is 0 Å². The van der Waals surface area contributed by atoms with Crippen LogP contribution in [-0.4, -0.2) is 43.0 Å². The molecule has 2 aliphatic heterocycles. The van der Waals surface area contributed by atoms with Crippen molar-refractivity contribution >= 4 is 17.3 Å². The van der Waals surface area contributed by atoms with Gasteiger partial charge in [-0.3, -0.25) is 4.79 Å². The van der Waals surface area contributed by atoms with Crippen LogP contribution in [0.15, 0.2) is 78.9 Å². The third-order valence-electron chi connectivity index (χ3n) is 6.62. The van der Waals surface area contributed by atoms with Crippen LogP contribution in [0.5, 0.6) is 0 Å². The predicted octanol–water partition coefficient (Wildman–Crippen LogP) is 5.21. The number of nitrogens with one attached hydrogen (secondary N) is 1. The van der Waals surface area contributed by atoms with E-state index in [1.165, 1.54) is 42.6 Å². The lowest BCUT2D eigenvalue weighted by atomic mass is 10.0. The largest absolute Gasteiger partial charge is 0.378 e. The number of hydrogen-bond acceptors (Lipinski definition) is 3. The topological polar surface area (TPSA) is 35.6 Å². The number of likely N-dealkylation sites (tertiary alicyclic amines) is 1. The van der Waals surface area contributed by atoms with Gasteiger partial charge in [0, 0.05) is 19.5 Å². The SMILES string of the molecule is O=C(CCc1ccc(-c2ccccc2)cc1)N1CC(CN2CCCC2)Nc2ccccc21. The maximum Gasteiger partial charge on any atom is 0.227 e. The Bertz CT molecular complexity index is 1040. The first kappa shape index (κ1) is 20.8. The van der Waals surface area contributed by atoms with Gasteiger partial charge in [0.2, 0.25) is 5.91 Å². The second-order valence-corrected chi connectivity index (χ2v) is 8.93. The molecule has 3 aromatic rings. The summed E-state index contributed by atoms with van der Waals surface area (Å²) in [7, 11) is 0. The van der Waals surface area contributed by atoms with E-state index in [1.54, 1.807) is 0 Å². The van der Waals surface area contributed by atoms with Gasteiger partial charge < -0.3 is 15.1 Å². The van der Waals surface area contributed by atoms with E-state index in [0.29, 0.717) is 6.42 Å². The second-order valence-electron chi connectivity index (χ2n) is 8.93. The number of hydrogen-bond donors (Lipinski definition) is 1. The van der Waals surface area contributed by atoms with Crippen molar-refractivity contribution < 1.29 is 4.79 Å². The summed E-state index contributed by atoms with van der Waals surface area (Å²) in [5.74, 6) is 0.206. The van der Waals surface area contributed by atoms with Gasteiger partial charge in [-0.25, -0.2) is 0 Å². The van der Waals surface area contributed by atoms with Crippen molar-refractivity contribution in [1.29, 1.82) is 0 Å². The fraction of sp³-hybridized carbons (Fsp3) is 0.321. The molecule has 1 fully saturated rings. The lowest BCUT2D eigenvalue weighted by molar-refractivity contribution is -0.118. The fourth-order valence-corrected chi connectivity index (χ4v) is 4.91. The normalized spacial score (nSPS) is 18.2. The summed E-state index contributed by atoms with van der Waals surface area (Å²) >= 11 is 0. The fourth-order valence-electron chi connectivity index (χ4n) is 4.91. The van der Waals surface area contributed by atoms with Gasteiger partial charge in [-0.15, -0.1) is 0 Å². The first-order chi connectivity index (χ1) is 15.8. The van der Waals surface area contributed by atoms with Crippen molar-refractivity contribution in [2.45, 2.75) is 31.7 Å². The zero-order chi connectivity index (χ0) is 21.8. The summed E-state index contributed by atoms with van der Waals surface area (Å²) in [6.07, 6.45) is 3.86. The summed E-state index contributed by atoms with van der Waals surface area (Å²) in [6, 6.07) is 27.5. The number of fused-ring (bicyclic) bond motifs is 1. The minimum Gasteiger partial charge on any atom is -0.378 e. The first-order valence-electron chi connectivity index (χ1n) is 11.8. The Balaban J connectivity index is 1.24. The molecule has 2 heterocycles. The van der Waals surface area contributed by atoms with Gasteiger partial charge in [0.1, 0.15) is 0 Å². The molecule has 1 N–H and O–H groups in total. The van der Waals surface area contributed by atoms with Crippen LogP contribution in [0.25, 0.3) is 11.1 Å². The van der Waals surface area contributed by atoms with Crippen LogP contribution in [0.4, 0.5) is 11.4 Å². The van der Waals surface area contributed by atoms with Crippen molar-refractivity contribution in [2.24, 2.45) is 0 Å². The molecule has 1 unspecified atom stereocenters. The molecule has 0 bridgehead atoms. The molecular weight excluding hydrogens is 394 g/mol. The first-order valence-corrected chi connectivity index (χ1v) is 11.8. The van der Waals surface area contributed by atoms with Crippen LogP contribution in [0.1, 0.15) is 24.8 Å². The monoisotopic (exact) mass is 425 g/mol. The van der Waals surface area contributed by atoms with Crippen molar-refractivity contribution in [2.75, 3.05) is 36.4 Å². The third-order valence-corrected chi connectivity index (χ3v) is 6.62. The van der Waals surface area contributed by atoms with E-state index in [0.717, 1.165) is 30.9 Å². The minimum absolute atomic E-state index is 0.206. The van der Waals surface area contributed by atoms with Gasteiger partial charge in [0.15, 0.2) is 0 Å². The molecule has 1 saturated heterocycles. The highest BCUT2D eigenvalue weighted by atomic mass is 16.2. The molecular formula is C28H31N3O. The van der Waals surface area contributed by atoms with E-state index >= 15 is 0 Å². The number of carbonyl (C=O) groups is 1. The summed E-state index contributed by atoms with van der Waals surface area (Å²) in [5.41, 5.74) is 5.71. The molecule has 3 aromatic carbocycles. The van der Waals surface area contributed by atoms with Crippen molar-refractivity contribution in [1.82, 2.24) is 4.90 Å². The molecule has 32 heavy (non-hydrogen) atoms. The molecule has 1 amide bonds. The lowest BCUT2D eigenvalue weighted by Crippen LogP contribution is -2.49. The highest BCUT2D eigenvalue weighted by Crippen LogP contribution is 2.31. The van der Waals surface area contributed by atoms with Crippen molar-refractivity contribution in [3.8, 4) is 11.1 Å². The molecule has 0 radical (unpaired) electrons. The summed E-state index contributed by atoms with van der Waals surface area (Å²) in [5, 5.41) is 3.67. The zero-order valence-corrected chi connectivity index (χ0v) is 18.5. The van der Waals surface area contributed by atoms with Crippen LogP contribution < -0.4 is 10.2 Å². The number of nitrogens with zero attached hydrogens (tertiary/aromatic N) is 2. The van der Waals surface area contributed by atoms with Crippen molar-refractivity contribution in [3.05, 3.63) is 84.4 Å². The summed E-state index contributed by atoms with van der Waals surface area (Å²) in [4.78, 5) is 17.8. The molecule has 5 rings (SSSR count). The number of rotatable bonds is 6. The van der Waals surface area contributed by atoms with E-state index in [-0.39, 0.29) is 11.9 Å². The number of anilines is 2. The Morgan fingerprint density at radius 3 is 2.31 bits per heavy atom. The molecule has 164 valence electrons. The van der Waals surface area contributed by atoms with E-state index in [4.69, 9.17) is 0 Å². The maximum atomic E-state index is 13.3. The smallest absolute Gasteiger partial charge is 0.227 e. The Morgan fingerprint density at radius 2 is 1.53 bits per heavy atom. The lowest BCUT2D eigenvalue weighted by Gasteiger charge is -2.37. The second kappa shape index (κ2) is 9.58. The molecule has 1 atom stereocenters. The number of carbonyl (C=O) groups excluding carboxylic acids is 1. The molecule has 2 aliphatic rings. The maximum absolute atomic E-state index is 13.3. The van der Waals surface area contributed by atoms with E-state index in [1.807, 2.05) is 23.1 Å². The quantitative estimate of drug-likeness (QED) is 0.589. The minimum atomic E-state index is 0.206. The number of para-hydroxylation sites is 2. The van der Waals surface area contributed by atoms with Crippen LogP contribution in [0, 0.1) is 0 Å². The van der Waals surface area contributed by atoms with Crippen LogP contribution >= 0.6 is 0 Å². The van der Waals surface area contributed by atoms with Gasteiger partial charge in [-0.1, -0.05) is 66.7 Å². The van der Waals surface area contributed by atoms with Gasteiger partial charge >= 0.3 is 0 Å². The molecule has 4 nitrogen and oxygen atoms in total. The van der Waals surface area contributed by atoms with E-state index in [9.17, 15) is 4.79 Å².